The number of fused-ring (bicyclic) bond motifs is 2. The van der Waals surface area contributed by atoms with Crippen molar-refractivity contribution in [3.8, 4) is 5.75 Å². The molecule has 3 N–H and O–H groups in total. The van der Waals surface area contributed by atoms with Crippen LogP contribution in [0.3, 0.4) is 0 Å². The number of ether oxygens (including phenoxy) is 1. The van der Waals surface area contributed by atoms with Gasteiger partial charge in [-0.1, -0.05) is 0 Å². The second kappa shape index (κ2) is 6.96. The SMILES string of the molecule is C[C@H]1Oc2ccc(NC(=O)c3ccc4c(c3)NC(=O)CCS4)cc2NC1=O. The number of benzene rings is 2. The van der Waals surface area contributed by atoms with E-state index < -0.39 is 6.10 Å². The Morgan fingerprint density at radius 2 is 2.00 bits per heavy atom. The minimum absolute atomic E-state index is 0.0570. The molecule has 0 unspecified atom stereocenters. The van der Waals surface area contributed by atoms with Gasteiger partial charge in [0.25, 0.3) is 11.8 Å². The quantitative estimate of drug-likeness (QED) is 0.741. The lowest BCUT2D eigenvalue weighted by Crippen LogP contribution is -2.34. The summed E-state index contributed by atoms with van der Waals surface area (Å²) in [5.41, 5.74) is 2.13. The fourth-order valence-corrected chi connectivity index (χ4v) is 3.79. The van der Waals surface area contributed by atoms with Crippen LogP contribution in [0.15, 0.2) is 41.3 Å². The van der Waals surface area contributed by atoms with E-state index in [2.05, 4.69) is 16.0 Å². The van der Waals surface area contributed by atoms with E-state index in [1.807, 2.05) is 6.07 Å². The zero-order valence-electron chi connectivity index (χ0n) is 14.5. The third-order valence-electron chi connectivity index (χ3n) is 4.27. The van der Waals surface area contributed by atoms with Crippen LogP contribution in [0.2, 0.25) is 0 Å². The van der Waals surface area contributed by atoms with Gasteiger partial charge in [0.05, 0.1) is 11.4 Å². The number of amides is 3. The Labute approximate surface area is 159 Å². The summed E-state index contributed by atoms with van der Waals surface area (Å²) in [5.74, 6) is 0.678. The number of hydrogen-bond acceptors (Lipinski definition) is 5. The first-order chi connectivity index (χ1) is 13.0. The van der Waals surface area contributed by atoms with Crippen LogP contribution in [0.1, 0.15) is 23.7 Å². The molecular formula is C19H17N3O4S. The first-order valence-electron chi connectivity index (χ1n) is 8.49. The fourth-order valence-electron chi connectivity index (χ4n) is 2.85. The van der Waals surface area contributed by atoms with E-state index in [0.29, 0.717) is 40.5 Å². The van der Waals surface area contributed by atoms with Gasteiger partial charge in [-0.25, -0.2) is 0 Å². The molecule has 4 rings (SSSR count). The molecule has 3 amide bonds. The first kappa shape index (κ1) is 17.4. The molecule has 2 aliphatic rings. The third kappa shape index (κ3) is 3.61. The van der Waals surface area contributed by atoms with Gasteiger partial charge < -0.3 is 20.7 Å². The summed E-state index contributed by atoms with van der Waals surface area (Å²) in [6.07, 6.45) is -0.104. The number of hydrogen-bond donors (Lipinski definition) is 3. The van der Waals surface area contributed by atoms with Crippen LogP contribution in [0.5, 0.6) is 5.75 Å². The fraction of sp³-hybridized carbons (Fsp3) is 0.211. The maximum atomic E-state index is 12.6. The monoisotopic (exact) mass is 383 g/mol. The number of carbonyl (C=O) groups excluding carboxylic acids is 3. The molecule has 27 heavy (non-hydrogen) atoms. The zero-order chi connectivity index (χ0) is 19.0. The van der Waals surface area contributed by atoms with Crippen molar-refractivity contribution < 1.29 is 19.1 Å². The summed E-state index contributed by atoms with van der Waals surface area (Å²) in [7, 11) is 0. The molecule has 7 nitrogen and oxygen atoms in total. The van der Waals surface area contributed by atoms with Crippen LogP contribution in [-0.2, 0) is 9.59 Å². The molecule has 0 saturated heterocycles. The second-order valence-electron chi connectivity index (χ2n) is 6.27. The predicted octanol–water partition coefficient (Wildman–Crippen LogP) is 3.09. The third-order valence-corrected chi connectivity index (χ3v) is 5.35. The predicted molar refractivity (Wildman–Crippen MR) is 104 cm³/mol. The minimum Gasteiger partial charge on any atom is -0.479 e. The molecular weight excluding hydrogens is 366 g/mol. The Balaban J connectivity index is 1.54. The molecule has 0 fully saturated rings. The number of thioether (sulfide) groups is 1. The van der Waals surface area contributed by atoms with E-state index in [1.165, 1.54) is 0 Å². The summed E-state index contributed by atoms with van der Waals surface area (Å²) in [6, 6.07) is 10.3. The van der Waals surface area contributed by atoms with Gasteiger partial charge in [-0.2, -0.15) is 0 Å². The Morgan fingerprint density at radius 3 is 2.85 bits per heavy atom. The van der Waals surface area contributed by atoms with E-state index in [4.69, 9.17) is 4.74 Å². The van der Waals surface area contributed by atoms with Gasteiger partial charge in [-0.3, -0.25) is 14.4 Å². The molecule has 0 radical (unpaired) electrons. The summed E-state index contributed by atoms with van der Waals surface area (Å²) in [4.78, 5) is 37.0. The van der Waals surface area contributed by atoms with Crippen molar-refractivity contribution >= 4 is 46.5 Å². The molecule has 8 heteroatoms. The largest absolute Gasteiger partial charge is 0.479 e. The Morgan fingerprint density at radius 1 is 1.15 bits per heavy atom. The Bertz CT molecular complexity index is 960. The summed E-state index contributed by atoms with van der Waals surface area (Å²) in [6.45, 7) is 1.67. The molecule has 2 aromatic rings. The highest BCUT2D eigenvalue weighted by atomic mass is 32.2. The van der Waals surface area contributed by atoms with Crippen LogP contribution in [0.25, 0.3) is 0 Å². The lowest BCUT2D eigenvalue weighted by molar-refractivity contribution is -0.122. The van der Waals surface area contributed by atoms with E-state index in [0.717, 1.165) is 4.90 Å². The smallest absolute Gasteiger partial charge is 0.265 e. The van der Waals surface area contributed by atoms with E-state index in [1.54, 1.807) is 49.0 Å². The van der Waals surface area contributed by atoms with Crippen molar-refractivity contribution in [1.82, 2.24) is 0 Å². The van der Waals surface area contributed by atoms with Gasteiger partial charge in [0.2, 0.25) is 5.91 Å². The number of carbonyl (C=O) groups is 3. The van der Waals surface area contributed by atoms with Crippen molar-refractivity contribution in [3.63, 3.8) is 0 Å². The van der Waals surface area contributed by atoms with Crippen LogP contribution in [-0.4, -0.2) is 29.6 Å². The van der Waals surface area contributed by atoms with E-state index >= 15 is 0 Å². The van der Waals surface area contributed by atoms with Gasteiger partial charge in [-0.05, 0) is 43.3 Å². The summed E-state index contributed by atoms with van der Waals surface area (Å²) < 4.78 is 5.51. The summed E-state index contributed by atoms with van der Waals surface area (Å²) >= 11 is 1.58. The topological polar surface area (TPSA) is 96.5 Å². The summed E-state index contributed by atoms with van der Waals surface area (Å²) in [5, 5.41) is 8.38. The van der Waals surface area contributed by atoms with Crippen LogP contribution in [0.4, 0.5) is 17.1 Å². The molecule has 0 aromatic heterocycles. The first-order valence-corrected chi connectivity index (χ1v) is 9.48. The minimum atomic E-state index is -0.550. The van der Waals surface area contributed by atoms with Gasteiger partial charge in [0, 0.05) is 28.3 Å². The maximum Gasteiger partial charge on any atom is 0.265 e. The molecule has 1 atom stereocenters. The molecule has 2 aromatic carbocycles. The van der Waals surface area contributed by atoms with Crippen LogP contribution < -0.4 is 20.7 Å². The van der Waals surface area contributed by atoms with E-state index in [9.17, 15) is 14.4 Å². The molecule has 0 bridgehead atoms. The Kier molecular flexibility index (Phi) is 4.49. The van der Waals surface area contributed by atoms with Crippen molar-refractivity contribution in [2.24, 2.45) is 0 Å². The molecule has 0 saturated carbocycles. The molecule has 0 spiro atoms. The van der Waals surface area contributed by atoms with Crippen LogP contribution in [0, 0.1) is 0 Å². The number of rotatable bonds is 2. The van der Waals surface area contributed by atoms with Crippen molar-refractivity contribution in [2.75, 3.05) is 21.7 Å². The highest BCUT2D eigenvalue weighted by Gasteiger charge is 2.24. The normalized spacial score (nSPS) is 18.2. The standard InChI is InChI=1S/C19H17N3O4S/c1-10-18(24)22-13-9-12(3-4-15(13)26-10)20-19(25)11-2-5-16-14(8-11)21-17(23)6-7-27-16/h2-5,8-10H,6-7H2,1H3,(H,20,25)(H,21,23)(H,22,24)/t10-/m1/s1. The molecule has 2 heterocycles. The van der Waals surface area contributed by atoms with Gasteiger partial charge in [0.1, 0.15) is 5.75 Å². The highest BCUT2D eigenvalue weighted by molar-refractivity contribution is 7.99. The molecule has 0 aliphatic carbocycles. The highest BCUT2D eigenvalue weighted by Crippen LogP contribution is 2.33. The maximum absolute atomic E-state index is 12.6. The number of anilines is 3. The van der Waals surface area contributed by atoms with E-state index in [-0.39, 0.29) is 17.7 Å². The molecule has 2 aliphatic heterocycles. The average molecular weight is 383 g/mol. The van der Waals surface area contributed by atoms with Gasteiger partial charge >= 0.3 is 0 Å². The van der Waals surface area contributed by atoms with Crippen molar-refractivity contribution in [3.05, 3.63) is 42.0 Å². The van der Waals surface area contributed by atoms with Gasteiger partial charge in [-0.15, -0.1) is 11.8 Å². The lowest BCUT2D eigenvalue weighted by atomic mass is 10.1. The Hall–Kier alpha value is -3.00. The van der Waals surface area contributed by atoms with Crippen molar-refractivity contribution in [2.45, 2.75) is 24.3 Å². The second-order valence-corrected chi connectivity index (χ2v) is 7.41. The van der Waals surface area contributed by atoms with Crippen molar-refractivity contribution in [1.29, 1.82) is 0 Å². The molecule has 138 valence electrons. The van der Waals surface area contributed by atoms with Gasteiger partial charge in [0.15, 0.2) is 6.10 Å². The van der Waals surface area contributed by atoms with Crippen LogP contribution >= 0.6 is 11.8 Å². The zero-order valence-corrected chi connectivity index (χ0v) is 15.3. The average Bonchev–Trinajstić information content (AvgIpc) is 2.82. The lowest BCUT2D eigenvalue weighted by Gasteiger charge is -2.23. The number of nitrogens with one attached hydrogen (secondary N) is 3.